The van der Waals surface area contributed by atoms with Crippen LogP contribution in [0, 0.1) is 5.92 Å². The van der Waals surface area contributed by atoms with Gasteiger partial charge in [-0.15, -0.1) is 0 Å². The maximum Gasteiger partial charge on any atom is 0.315 e. The molecule has 1 aliphatic heterocycles. The first kappa shape index (κ1) is 17.1. The lowest BCUT2D eigenvalue weighted by Gasteiger charge is -2.20. The zero-order valence-corrected chi connectivity index (χ0v) is 13.7. The average molecular weight is 310 g/mol. The van der Waals surface area contributed by atoms with E-state index in [1.54, 1.807) is 0 Å². The van der Waals surface area contributed by atoms with Gasteiger partial charge >= 0.3 is 6.03 Å². The van der Waals surface area contributed by atoms with E-state index < -0.39 is 0 Å². The van der Waals surface area contributed by atoms with E-state index in [0.717, 1.165) is 31.8 Å². The lowest BCUT2D eigenvalue weighted by atomic mass is 10.1. The molecule has 22 heavy (non-hydrogen) atoms. The Morgan fingerprint density at radius 3 is 2.55 bits per heavy atom. The van der Waals surface area contributed by atoms with Gasteiger partial charge < -0.3 is 20.9 Å². The number of likely N-dealkylation sites (tertiary alicyclic amines) is 1. The summed E-state index contributed by atoms with van der Waals surface area (Å²) >= 11 is 0. The molecule has 3 amide bonds. The highest BCUT2D eigenvalue weighted by Crippen LogP contribution is 2.26. The molecule has 6 heteroatoms. The predicted octanol–water partition coefficient (Wildman–Crippen LogP) is 1.08. The fraction of sp³-hybridized carbons (Fsp3) is 0.875. The third kappa shape index (κ3) is 6.22. The Morgan fingerprint density at radius 2 is 1.82 bits per heavy atom. The van der Waals surface area contributed by atoms with Gasteiger partial charge in [-0.05, 0) is 31.6 Å². The fourth-order valence-electron chi connectivity index (χ4n) is 3.47. The van der Waals surface area contributed by atoms with E-state index in [9.17, 15) is 9.59 Å². The van der Waals surface area contributed by atoms with E-state index in [1.165, 1.54) is 39.2 Å². The summed E-state index contributed by atoms with van der Waals surface area (Å²) in [6.07, 6.45) is 7.34. The number of hydrogen-bond acceptors (Lipinski definition) is 3. The minimum Gasteiger partial charge on any atom is -0.356 e. The van der Waals surface area contributed by atoms with Crippen molar-refractivity contribution in [3.8, 4) is 0 Å². The van der Waals surface area contributed by atoms with Crippen molar-refractivity contribution < 1.29 is 9.59 Å². The van der Waals surface area contributed by atoms with Crippen LogP contribution in [0.5, 0.6) is 0 Å². The van der Waals surface area contributed by atoms with Gasteiger partial charge in [-0.1, -0.05) is 12.8 Å². The summed E-state index contributed by atoms with van der Waals surface area (Å²) in [5.41, 5.74) is 0. The van der Waals surface area contributed by atoms with Crippen molar-refractivity contribution in [2.45, 2.75) is 51.5 Å². The molecule has 0 radical (unpaired) electrons. The van der Waals surface area contributed by atoms with Crippen molar-refractivity contribution in [1.29, 1.82) is 0 Å². The third-order valence-corrected chi connectivity index (χ3v) is 4.61. The summed E-state index contributed by atoms with van der Waals surface area (Å²) in [6, 6.07) is 0.187. The highest BCUT2D eigenvalue weighted by Gasteiger charge is 2.26. The number of carbonyl (C=O) groups excluding carboxylic acids is 2. The number of urea groups is 1. The van der Waals surface area contributed by atoms with Gasteiger partial charge in [0.2, 0.25) is 5.91 Å². The highest BCUT2D eigenvalue weighted by molar-refractivity contribution is 5.74. The maximum absolute atomic E-state index is 11.8. The van der Waals surface area contributed by atoms with Gasteiger partial charge in [0.25, 0.3) is 0 Å². The van der Waals surface area contributed by atoms with Crippen molar-refractivity contribution in [2.75, 3.05) is 32.7 Å². The third-order valence-electron chi connectivity index (χ3n) is 4.61. The molecule has 0 aromatic heterocycles. The van der Waals surface area contributed by atoms with Gasteiger partial charge in [0, 0.05) is 45.7 Å². The molecule has 2 aliphatic rings. The Labute approximate surface area is 133 Å². The first-order valence-electron chi connectivity index (χ1n) is 8.64. The standard InChI is InChI=1S/C16H30N4O2/c1-13(21)17-8-4-9-18-16(22)19-15-7-10-20(12-15)11-14-5-2-3-6-14/h14-15H,2-12H2,1H3,(H,17,21)(H2,18,19,22). The zero-order valence-electron chi connectivity index (χ0n) is 13.7. The van der Waals surface area contributed by atoms with Gasteiger partial charge in [-0.2, -0.15) is 0 Å². The summed E-state index contributed by atoms with van der Waals surface area (Å²) in [5.74, 6) is 0.846. The Bertz CT molecular complexity index is 369. The molecule has 2 fully saturated rings. The van der Waals surface area contributed by atoms with Gasteiger partial charge in [0.1, 0.15) is 0 Å². The van der Waals surface area contributed by atoms with Crippen molar-refractivity contribution in [3.05, 3.63) is 0 Å². The van der Waals surface area contributed by atoms with Gasteiger partial charge in [-0.25, -0.2) is 4.79 Å². The average Bonchev–Trinajstić information content (AvgIpc) is 3.11. The van der Waals surface area contributed by atoms with E-state index in [2.05, 4.69) is 20.9 Å². The SMILES string of the molecule is CC(=O)NCCCNC(=O)NC1CCN(CC2CCCC2)C1. The molecule has 6 nitrogen and oxygen atoms in total. The lowest BCUT2D eigenvalue weighted by Crippen LogP contribution is -2.44. The molecule has 1 saturated carbocycles. The second-order valence-corrected chi connectivity index (χ2v) is 6.63. The number of amides is 3. The second-order valence-electron chi connectivity index (χ2n) is 6.63. The van der Waals surface area contributed by atoms with Gasteiger partial charge in [0.15, 0.2) is 0 Å². The Morgan fingerprint density at radius 1 is 1.09 bits per heavy atom. The van der Waals surface area contributed by atoms with E-state index in [1.807, 2.05) is 0 Å². The molecule has 0 bridgehead atoms. The molecule has 0 aromatic rings. The van der Waals surface area contributed by atoms with Crippen LogP contribution in [0.15, 0.2) is 0 Å². The van der Waals surface area contributed by atoms with Crippen LogP contribution < -0.4 is 16.0 Å². The smallest absolute Gasteiger partial charge is 0.315 e. The molecular weight excluding hydrogens is 280 g/mol. The molecule has 126 valence electrons. The number of nitrogens with one attached hydrogen (secondary N) is 3. The summed E-state index contributed by atoms with van der Waals surface area (Å²) in [6.45, 7) is 5.98. The van der Waals surface area contributed by atoms with Crippen LogP contribution in [-0.2, 0) is 4.79 Å². The van der Waals surface area contributed by atoms with Crippen LogP contribution in [0.3, 0.4) is 0 Å². The van der Waals surface area contributed by atoms with Crippen molar-refractivity contribution >= 4 is 11.9 Å². The van der Waals surface area contributed by atoms with Crippen molar-refractivity contribution in [1.82, 2.24) is 20.9 Å². The van der Waals surface area contributed by atoms with Crippen LogP contribution in [-0.4, -0.2) is 55.6 Å². The van der Waals surface area contributed by atoms with Crippen molar-refractivity contribution in [2.24, 2.45) is 5.92 Å². The van der Waals surface area contributed by atoms with E-state index in [-0.39, 0.29) is 18.0 Å². The number of rotatable bonds is 7. The molecule has 1 saturated heterocycles. The minimum absolute atomic E-state index is 0.0299. The number of hydrogen-bond donors (Lipinski definition) is 3. The number of nitrogens with zero attached hydrogens (tertiary/aromatic N) is 1. The molecule has 1 atom stereocenters. The molecule has 3 N–H and O–H groups in total. The lowest BCUT2D eigenvalue weighted by molar-refractivity contribution is -0.118. The van der Waals surface area contributed by atoms with Crippen molar-refractivity contribution in [3.63, 3.8) is 0 Å². The van der Waals surface area contributed by atoms with E-state index >= 15 is 0 Å². The Balaban J connectivity index is 1.52. The molecule has 2 rings (SSSR count). The van der Waals surface area contributed by atoms with Gasteiger partial charge in [-0.3, -0.25) is 4.79 Å². The van der Waals surface area contributed by atoms with E-state index in [4.69, 9.17) is 0 Å². The molecule has 1 aliphatic carbocycles. The minimum atomic E-state index is -0.0875. The maximum atomic E-state index is 11.8. The van der Waals surface area contributed by atoms with Crippen LogP contribution >= 0.6 is 0 Å². The summed E-state index contributed by atoms with van der Waals surface area (Å²) < 4.78 is 0. The summed E-state index contributed by atoms with van der Waals surface area (Å²) in [4.78, 5) is 25.0. The molecule has 1 heterocycles. The molecule has 1 unspecified atom stereocenters. The Kier molecular flexibility index (Phi) is 6.96. The Hall–Kier alpha value is -1.30. The first-order valence-corrected chi connectivity index (χ1v) is 8.64. The fourth-order valence-corrected chi connectivity index (χ4v) is 3.47. The van der Waals surface area contributed by atoms with Crippen LogP contribution in [0.2, 0.25) is 0 Å². The normalized spacial score (nSPS) is 22.7. The zero-order chi connectivity index (χ0) is 15.8. The van der Waals surface area contributed by atoms with E-state index in [0.29, 0.717) is 13.1 Å². The number of carbonyl (C=O) groups is 2. The summed E-state index contributed by atoms with van der Waals surface area (Å²) in [5, 5.41) is 8.62. The van der Waals surface area contributed by atoms with Crippen LogP contribution in [0.25, 0.3) is 0 Å². The largest absolute Gasteiger partial charge is 0.356 e. The molecule has 0 spiro atoms. The second kappa shape index (κ2) is 8.98. The van der Waals surface area contributed by atoms with Crippen LogP contribution in [0.4, 0.5) is 4.79 Å². The van der Waals surface area contributed by atoms with Crippen LogP contribution in [0.1, 0.15) is 45.4 Å². The first-order chi connectivity index (χ1) is 10.6. The predicted molar refractivity (Wildman–Crippen MR) is 86.6 cm³/mol. The molecular formula is C16H30N4O2. The quantitative estimate of drug-likeness (QED) is 0.616. The monoisotopic (exact) mass is 310 g/mol. The van der Waals surface area contributed by atoms with Gasteiger partial charge in [0.05, 0.1) is 0 Å². The highest BCUT2D eigenvalue weighted by atomic mass is 16.2. The summed E-state index contributed by atoms with van der Waals surface area (Å²) in [7, 11) is 0. The molecule has 0 aromatic carbocycles. The topological polar surface area (TPSA) is 73.5 Å².